The number of sulfone groups is 1. The molecule has 0 saturated carbocycles. The van der Waals surface area contributed by atoms with Crippen molar-refractivity contribution < 1.29 is 16.8 Å². The standard InChI is InChI=1S/C11H16ClN3O4S2/c1-13-11-10(12)5-9(6-14-11)21(18,19)15-7-8-3-2-4-20(8,16)17/h5-6,8,15H,2-4,7H2,1H3,(H,13,14). The fraction of sp³-hybridized carbons (Fsp3) is 0.545. The van der Waals surface area contributed by atoms with Crippen LogP contribution in [0.1, 0.15) is 12.8 Å². The summed E-state index contributed by atoms with van der Waals surface area (Å²) in [6.07, 6.45) is 2.21. The van der Waals surface area contributed by atoms with Gasteiger partial charge in [0.05, 0.1) is 16.0 Å². The van der Waals surface area contributed by atoms with Crippen LogP contribution in [0.25, 0.3) is 0 Å². The van der Waals surface area contributed by atoms with Crippen molar-refractivity contribution in [3.63, 3.8) is 0 Å². The van der Waals surface area contributed by atoms with E-state index in [1.54, 1.807) is 7.05 Å². The Bertz CT molecular complexity index is 734. The molecule has 10 heteroatoms. The lowest BCUT2D eigenvalue weighted by Gasteiger charge is -2.12. The summed E-state index contributed by atoms with van der Waals surface area (Å²) < 4.78 is 49.9. The fourth-order valence-electron chi connectivity index (χ4n) is 2.12. The third-order valence-corrected chi connectivity index (χ3v) is 7.28. The molecule has 2 N–H and O–H groups in total. The minimum absolute atomic E-state index is 0.0955. The van der Waals surface area contributed by atoms with Crippen LogP contribution in [0.4, 0.5) is 5.82 Å². The van der Waals surface area contributed by atoms with E-state index >= 15 is 0 Å². The second-order valence-electron chi connectivity index (χ2n) is 4.73. The van der Waals surface area contributed by atoms with E-state index in [1.165, 1.54) is 12.3 Å². The minimum atomic E-state index is -3.83. The zero-order valence-electron chi connectivity index (χ0n) is 11.3. The molecule has 2 heterocycles. The monoisotopic (exact) mass is 353 g/mol. The first kappa shape index (κ1) is 16.5. The summed E-state index contributed by atoms with van der Waals surface area (Å²) in [5.74, 6) is 0.484. The molecule has 1 aromatic heterocycles. The average molecular weight is 354 g/mol. The zero-order chi connectivity index (χ0) is 15.7. The van der Waals surface area contributed by atoms with Crippen molar-refractivity contribution >= 4 is 37.3 Å². The van der Waals surface area contributed by atoms with Crippen molar-refractivity contribution in [1.82, 2.24) is 9.71 Å². The van der Waals surface area contributed by atoms with Crippen molar-refractivity contribution in [2.45, 2.75) is 23.0 Å². The quantitative estimate of drug-likeness (QED) is 0.804. The molecule has 1 aromatic rings. The molecule has 7 nitrogen and oxygen atoms in total. The van der Waals surface area contributed by atoms with Gasteiger partial charge in [-0.1, -0.05) is 11.6 Å². The summed E-state index contributed by atoms with van der Waals surface area (Å²) >= 11 is 5.90. The highest BCUT2D eigenvalue weighted by molar-refractivity contribution is 7.92. The van der Waals surface area contributed by atoms with Crippen LogP contribution in [0.3, 0.4) is 0 Å². The third-order valence-electron chi connectivity index (χ3n) is 3.33. The van der Waals surface area contributed by atoms with Gasteiger partial charge in [-0.3, -0.25) is 0 Å². The van der Waals surface area contributed by atoms with E-state index in [4.69, 9.17) is 11.6 Å². The number of aromatic nitrogens is 1. The molecule has 0 spiro atoms. The van der Waals surface area contributed by atoms with Gasteiger partial charge in [-0.05, 0) is 18.9 Å². The lowest BCUT2D eigenvalue weighted by atomic mass is 10.2. The van der Waals surface area contributed by atoms with Crippen LogP contribution >= 0.6 is 11.6 Å². The van der Waals surface area contributed by atoms with E-state index in [1.807, 2.05) is 0 Å². The SMILES string of the molecule is CNc1ncc(S(=O)(=O)NCC2CCCS2(=O)=O)cc1Cl. The number of halogens is 1. The molecule has 1 aliphatic heterocycles. The predicted molar refractivity (Wildman–Crippen MR) is 80.8 cm³/mol. The van der Waals surface area contributed by atoms with Gasteiger partial charge in [0.2, 0.25) is 10.0 Å². The van der Waals surface area contributed by atoms with Crippen LogP contribution in [0, 0.1) is 0 Å². The molecule has 21 heavy (non-hydrogen) atoms. The topological polar surface area (TPSA) is 105 Å². The molecule has 1 saturated heterocycles. The first-order valence-corrected chi connectivity index (χ1v) is 9.88. The second kappa shape index (κ2) is 6.07. The first-order valence-electron chi connectivity index (χ1n) is 6.31. The number of hydrogen-bond donors (Lipinski definition) is 2. The highest BCUT2D eigenvalue weighted by Gasteiger charge is 2.32. The molecular weight excluding hydrogens is 338 g/mol. The van der Waals surface area contributed by atoms with Crippen LogP contribution in [0.5, 0.6) is 0 Å². The Labute approximate surface area is 129 Å². The van der Waals surface area contributed by atoms with Gasteiger partial charge < -0.3 is 5.32 Å². The number of rotatable bonds is 5. The van der Waals surface area contributed by atoms with E-state index in [2.05, 4.69) is 15.0 Å². The Morgan fingerprint density at radius 1 is 1.48 bits per heavy atom. The van der Waals surface area contributed by atoms with Crippen molar-refractivity contribution in [3.05, 3.63) is 17.3 Å². The highest BCUT2D eigenvalue weighted by atomic mass is 35.5. The lowest BCUT2D eigenvalue weighted by molar-refractivity contribution is 0.570. The molecule has 0 bridgehead atoms. The molecule has 0 aromatic carbocycles. The number of sulfonamides is 1. The summed E-state index contributed by atoms with van der Waals surface area (Å²) in [5, 5.41) is 2.24. The largest absolute Gasteiger partial charge is 0.372 e. The zero-order valence-corrected chi connectivity index (χ0v) is 13.7. The normalized spacial score (nSPS) is 21.3. The predicted octanol–water partition coefficient (Wildman–Crippen LogP) is 0.632. The maximum atomic E-state index is 12.1. The van der Waals surface area contributed by atoms with E-state index in [-0.39, 0.29) is 22.2 Å². The van der Waals surface area contributed by atoms with Gasteiger partial charge >= 0.3 is 0 Å². The van der Waals surface area contributed by atoms with Crippen LogP contribution in [0.2, 0.25) is 5.02 Å². The summed E-state index contributed by atoms with van der Waals surface area (Å²) in [4.78, 5) is 3.80. The first-order chi connectivity index (χ1) is 9.76. The van der Waals surface area contributed by atoms with Gasteiger partial charge in [-0.2, -0.15) is 0 Å². The molecule has 0 amide bonds. The van der Waals surface area contributed by atoms with Gasteiger partial charge in [0, 0.05) is 19.8 Å². The molecule has 1 unspecified atom stereocenters. The van der Waals surface area contributed by atoms with Gasteiger partial charge in [0.25, 0.3) is 0 Å². The summed E-state index contributed by atoms with van der Waals surface area (Å²) in [5.41, 5.74) is 0. The molecule has 1 atom stereocenters. The molecule has 118 valence electrons. The second-order valence-corrected chi connectivity index (χ2v) is 9.31. The fourth-order valence-corrected chi connectivity index (χ4v) is 5.37. The number of pyridine rings is 1. The maximum Gasteiger partial charge on any atom is 0.242 e. The van der Waals surface area contributed by atoms with E-state index in [0.29, 0.717) is 18.7 Å². The van der Waals surface area contributed by atoms with Crippen molar-refractivity contribution in [3.8, 4) is 0 Å². The Hall–Kier alpha value is -0.900. The lowest BCUT2D eigenvalue weighted by Crippen LogP contribution is -2.34. The van der Waals surface area contributed by atoms with Gasteiger partial charge in [0.15, 0.2) is 9.84 Å². The number of hydrogen-bond acceptors (Lipinski definition) is 6. The molecule has 0 radical (unpaired) electrons. The van der Waals surface area contributed by atoms with Gasteiger partial charge in [-0.25, -0.2) is 26.5 Å². The van der Waals surface area contributed by atoms with E-state index < -0.39 is 25.1 Å². The number of nitrogens with zero attached hydrogens (tertiary/aromatic N) is 1. The van der Waals surface area contributed by atoms with Crippen molar-refractivity contribution in [2.75, 3.05) is 24.7 Å². The summed E-state index contributed by atoms with van der Waals surface area (Å²) in [7, 11) is -5.41. The van der Waals surface area contributed by atoms with Crippen LogP contribution in [-0.4, -0.2) is 46.4 Å². The van der Waals surface area contributed by atoms with Crippen molar-refractivity contribution in [2.24, 2.45) is 0 Å². The van der Waals surface area contributed by atoms with Gasteiger partial charge in [-0.15, -0.1) is 0 Å². The van der Waals surface area contributed by atoms with Crippen LogP contribution < -0.4 is 10.0 Å². The van der Waals surface area contributed by atoms with Crippen molar-refractivity contribution in [1.29, 1.82) is 0 Å². The Kier molecular flexibility index (Phi) is 4.76. The minimum Gasteiger partial charge on any atom is -0.372 e. The third kappa shape index (κ3) is 3.65. The van der Waals surface area contributed by atoms with Crippen LogP contribution in [0.15, 0.2) is 17.2 Å². The van der Waals surface area contributed by atoms with Gasteiger partial charge in [0.1, 0.15) is 10.7 Å². The van der Waals surface area contributed by atoms with E-state index in [9.17, 15) is 16.8 Å². The molecule has 1 aliphatic rings. The molecule has 0 aliphatic carbocycles. The maximum absolute atomic E-state index is 12.1. The molecule has 1 fully saturated rings. The highest BCUT2D eigenvalue weighted by Crippen LogP contribution is 2.23. The summed E-state index contributed by atoms with van der Waals surface area (Å²) in [6, 6.07) is 1.27. The number of nitrogens with one attached hydrogen (secondary N) is 2. The number of anilines is 1. The summed E-state index contributed by atoms with van der Waals surface area (Å²) in [6.45, 7) is -0.129. The molecular formula is C11H16ClN3O4S2. The van der Waals surface area contributed by atoms with Crippen LogP contribution in [-0.2, 0) is 19.9 Å². The average Bonchev–Trinajstić information content (AvgIpc) is 2.75. The Morgan fingerprint density at radius 3 is 2.71 bits per heavy atom. The van der Waals surface area contributed by atoms with E-state index in [0.717, 1.165) is 0 Å². The Morgan fingerprint density at radius 2 is 2.19 bits per heavy atom. The Balaban J connectivity index is 2.14. The smallest absolute Gasteiger partial charge is 0.242 e. The molecule has 2 rings (SSSR count).